The summed E-state index contributed by atoms with van der Waals surface area (Å²) in [4.78, 5) is 4.35. The lowest BCUT2D eigenvalue weighted by atomic mass is 9.75. The Kier molecular flexibility index (Phi) is 4.19. The largest absolute Gasteiger partial charge is 0.397 e. The normalized spacial score (nSPS) is 17.6. The van der Waals surface area contributed by atoms with Crippen LogP contribution in [-0.2, 0) is 10.0 Å². The second-order valence-electron chi connectivity index (χ2n) is 6.09. The van der Waals surface area contributed by atoms with Crippen LogP contribution in [0.2, 0.25) is 0 Å². The average molecular weight is 312 g/mol. The molecule has 0 aromatic heterocycles. The molecule has 1 fully saturated rings. The summed E-state index contributed by atoms with van der Waals surface area (Å²) < 4.78 is 23.0. The van der Waals surface area contributed by atoms with Crippen molar-refractivity contribution < 1.29 is 8.42 Å². The third-order valence-corrected chi connectivity index (χ3v) is 5.42. The number of benzene rings is 1. The first kappa shape index (κ1) is 16.1. The van der Waals surface area contributed by atoms with Crippen LogP contribution in [0.4, 0.5) is 11.4 Å². The van der Waals surface area contributed by atoms with E-state index in [9.17, 15) is 8.42 Å². The van der Waals surface area contributed by atoms with Crippen LogP contribution in [0.3, 0.4) is 0 Å². The molecule has 0 heterocycles. The summed E-state index contributed by atoms with van der Waals surface area (Å²) in [6, 6.07) is 4.58. The molecule has 0 saturated heterocycles. The molecule has 1 aliphatic carbocycles. The van der Waals surface area contributed by atoms with Crippen molar-refractivity contribution in [1.29, 1.82) is 0 Å². The van der Waals surface area contributed by atoms with Gasteiger partial charge in [0.05, 0.1) is 16.3 Å². The number of hydrogen-bond acceptors (Lipinski definition) is 5. The fraction of sp³-hybridized carbons (Fsp3) is 0.571. The van der Waals surface area contributed by atoms with Gasteiger partial charge in [-0.25, -0.2) is 13.6 Å². The van der Waals surface area contributed by atoms with E-state index in [1.54, 1.807) is 12.1 Å². The van der Waals surface area contributed by atoms with Crippen LogP contribution in [-0.4, -0.2) is 46.5 Å². The van der Waals surface area contributed by atoms with Gasteiger partial charge < -0.3 is 15.5 Å². The molecule has 6 nitrogen and oxygen atoms in total. The number of primary sulfonamides is 1. The summed E-state index contributed by atoms with van der Waals surface area (Å²) in [5.74, 6) is 0. The van der Waals surface area contributed by atoms with Gasteiger partial charge in [-0.05, 0) is 51.6 Å². The van der Waals surface area contributed by atoms with Gasteiger partial charge in [0.2, 0.25) is 10.0 Å². The highest BCUT2D eigenvalue weighted by Crippen LogP contribution is 2.38. The zero-order valence-corrected chi connectivity index (χ0v) is 13.7. The highest BCUT2D eigenvalue weighted by atomic mass is 32.2. The Labute approximate surface area is 126 Å². The molecule has 0 amide bonds. The lowest BCUT2D eigenvalue weighted by Gasteiger charge is -2.49. The van der Waals surface area contributed by atoms with Crippen molar-refractivity contribution in [2.24, 2.45) is 5.14 Å². The number of nitrogens with zero attached hydrogens (tertiary/aromatic N) is 2. The zero-order valence-electron chi connectivity index (χ0n) is 12.8. The highest BCUT2D eigenvalue weighted by molar-refractivity contribution is 7.89. The molecule has 1 aromatic carbocycles. The summed E-state index contributed by atoms with van der Waals surface area (Å²) in [5.41, 5.74) is 7.39. The van der Waals surface area contributed by atoms with E-state index >= 15 is 0 Å². The molecule has 0 atom stereocenters. The summed E-state index contributed by atoms with van der Waals surface area (Å²) in [6.07, 6.45) is 3.50. The minimum Gasteiger partial charge on any atom is -0.397 e. The van der Waals surface area contributed by atoms with E-state index in [0.717, 1.165) is 19.4 Å². The predicted octanol–water partition coefficient (Wildman–Crippen LogP) is 0.837. The monoisotopic (exact) mass is 312 g/mol. The van der Waals surface area contributed by atoms with E-state index in [1.165, 1.54) is 12.5 Å². The second kappa shape index (κ2) is 5.47. The van der Waals surface area contributed by atoms with Crippen LogP contribution >= 0.6 is 0 Å². The first-order chi connectivity index (χ1) is 9.66. The van der Waals surface area contributed by atoms with Crippen molar-refractivity contribution in [3.05, 3.63) is 18.2 Å². The molecule has 21 heavy (non-hydrogen) atoms. The third kappa shape index (κ3) is 3.14. The van der Waals surface area contributed by atoms with Crippen LogP contribution in [0.25, 0.3) is 0 Å². The molecule has 0 bridgehead atoms. The molecule has 1 aliphatic rings. The van der Waals surface area contributed by atoms with Gasteiger partial charge in [0.1, 0.15) is 0 Å². The lowest BCUT2D eigenvalue weighted by molar-refractivity contribution is 0.0683. The number of hydrogen-bond donors (Lipinski definition) is 2. The first-order valence-electron chi connectivity index (χ1n) is 6.97. The van der Waals surface area contributed by atoms with E-state index in [1.807, 2.05) is 11.9 Å². The zero-order chi connectivity index (χ0) is 15.8. The van der Waals surface area contributed by atoms with Gasteiger partial charge in [0, 0.05) is 19.1 Å². The number of likely N-dealkylation sites (N-methyl/N-ethyl adjacent to an activating group) is 2. The van der Waals surface area contributed by atoms with Crippen molar-refractivity contribution >= 4 is 21.4 Å². The predicted molar refractivity (Wildman–Crippen MR) is 85.8 cm³/mol. The molecule has 0 spiro atoms. The maximum absolute atomic E-state index is 11.5. The smallest absolute Gasteiger partial charge is 0.238 e. The SMILES string of the molecule is CN(CC1(N(C)C)CCC1)c1cc(S(N)(=O)=O)ccc1N. The van der Waals surface area contributed by atoms with Crippen LogP contribution < -0.4 is 15.8 Å². The standard InChI is InChI=1S/C14H24N4O2S/c1-17(2)14(7-4-8-14)10-18(3)13-9-11(21(16,19)20)5-6-12(13)15/h5-6,9H,4,7-8,10,15H2,1-3H3,(H2,16,19,20). The number of nitrogens with two attached hydrogens (primary N) is 2. The van der Waals surface area contributed by atoms with Crippen LogP contribution in [0.1, 0.15) is 19.3 Å². The number of rotatable bonds is 5. The molecule has 7 heteroatoms. The maximum atomic E-state index is 11.5. The Morgan fingerprint density at radius 3 is 2.29 bits per heavy atom. The molecule has 4 N–H and O–H groups in total. The van der Waals surface area contributed by atoms with Crippen molar-refractivity contribution in [3.63, 3.8) is 0 Å². The lowest BCUT2D eigenvalue weighted by Crippen LogP contribution is -2.56. The molecular weight excluding hydrogens is 288 g/mol. The van der Waals surface area contributed by atoms with Gasteiger partial charge in [-0.3, -0.25) is 0 Å². The van der Waals surface area contributed by atoms with E-state index in [-0.39, 0.29) is 10.4 Å². The second-order valence-corrected chi connectivity index (χ2v) is 7.66. The van der Waals surface area contributed by atoms with Gasteiger partial charge in [0.15, 0.2) is 0 Å². The van der Waals surface area contributed by atoms with Crippen LogP contribution in [0.15, 0.2) is 23.1 Å². The molecule has 0 aliphatic heterocycles. The van der Waals surface area contributed by atoms with E-state index in [2.05, 4.69) is 19.0 Å². The minimum atomic E-state index is -3.72. The Morgan fingerprint density at radius 1 is 1.24 bits per heavy atom. The third-order valence-electron chi connectivity index (χ3n) is 4.51. The Balaban J connectivity index is 2.29. The fourth-order valence-electron chi connectivity index (χ4n) is 2.89. The summed E-state index contributed by atoms with van der Waals surface area (Å²) in [7, 11) is 2.37. The van der Waals surface area contributed by atoms with Crippen molar-refractivity contribution in [3.8, 4) is 0 Å². The van der Waals surface area contributed by atoms with Crippen molar-refractivity contribution in [1.82, 2.24) is 4.90 Å². The van der Waals surface area contributed by atoms with Gasteiger partial charge in [-0.1, -0.05) is 0 Å². The van der Waals surface area contributed by atoms with E-state index in [4.69, 9.17) is 10.9 Å². The van der Waals surface area contributed by atoms with Gasteiger partial charge in [-0.2, -0.15) is 0 Å². The highest BCUT2D eigenvalue weighted by Gasteiger charge is 2.40. The maximum Gasteiger partial charge on any atom is 0.238 e. The summed E-state index contributed by atoms with van der Waals surface area (Å²) >= 11 is 0. The van der Waals surface area contributed by atoms with Crippen molar-refractivity contribution in [2.75, 3.05) is 38.3 Å². The molecule has 0 radical (unpaired) electrons. The summed E-state index contributed by atoms with van der Waals surface area (Å²) in [6.45, 7) is 0.804. The average Bonchev–Trinajstić information content (AvgIpc) is 2.32. The van der Waals surface area contributed by atoms with Gasteiger partial charge in [-0.15, -0.1) is 0 Å². The van der Waals surface area contributed by atoms with E-state index < -0.39 is 10.0 Å². The Hall–Kier alpha value is -1.31. The number of anilines is 2. The Morgan fingerprint density at radius 2 is 1.86 bits per heavy atom. The molecular formula is C14H24N4O2S. The summed E-state index contributed by atoms with van der Waals surface area (Å²) in [5, 5.41) is 5.19. The van der Waals surface area contributed by atoms with Crippen molar-refractivity contribution in [2.45, 2.75) is 29.7 Å². The first-order valence-corrected chi connectivity index (χ1v) is 8.51. The van der Waals surface area contributed by atoms with Crippen LogP contribution in [0, 0.1) is 0 Å². The Bertz CT molecular complexity index is 624. The topological polar surface area (TPSA) is 92.7 Å². The number of sulfonamides is 1. The fourth-order valence-corrected chi connectivity index (χ4v) is 3.42. The molecule has 1 saturated carbocycles. The van der Waals surface area contributed by atoms with Crippen LogP contribution in [0.5, 0.6) is 0 Å². The van der Waals surface area contributed by atoms with E-state index in [0.29, 0.717) is 11.4 Å². The molecule has 1 aromatic rings. The quantitative estimate of drug-likeness (QED) is 0.786. The molecule has 0 unspecified atom stereocenters. The van der Waals surface area contributed by atoms with Gasteiger partial charge in [0.25, 0.3) is 0 Å². The number of nitrogen functional groups attached to an aromatic ring is 1. The molecule has 118 valence electrons. The van der Waals surface area contributed by atoms with Gasteiger partial charge >= 0.3 is 0 Å². The minimum absolute atomic E-state index is 0.0889. The molecule has 2 rings (SSSR count).